The summed E-state index contributed by atoms with van der Waals surface area (Å²) in [6.45, 7) is 12.7. The molecular weight excluding hydrogens is 316 g/mol. The van der Waals surface area contributed by atoms with Crippen LogP contribution in [0.5, 0.6) is 0 Å². The second-order valence-corrected chi connectivity index (χ2v) is 8.04. The molecule has 1 amide bonds. The fraction of sp³-hybridized carbons (Fsp3) is 0.600. The van der Waals surface area contributed by atoms with Gasteiger partial charge in [0.05, 0.1) is 12.7 Å². The predicted molar refractivity (Wildman–Crippen MR) is 98.3 cm³/mol. The van der Waals surface area contributed by atoms with Crippen molar-refractivity contribution < 1.29 is 14.3 Å². The Balaban J connectivity index is 2.02. The number of amides is 1. The summed E-state index contributed by atoms with van der Waals surface area (Å²) < 4.78 is 4.73. The van der Waals surface area contributed by atoms with E-state index in [9.17, 15) is 9.59 Å². The number of hydrogen-bond acceptors (Lipinski definition) is 4. The van der Waals surface area contributed by atoms with E-state index in [1.165, 1.54) is 7.11 Å². The highest BCUT2D eigenvalue weighted by Gasteiger charge is 2.37. The Morgan fingerprint density at radius 1 is 1.08 bits per heavy atom. The van der Waals surface area contributed by atoms with Crippen LogP contribution in [-0.2, 0) is 16.1 Å². The first-order valence-electron chi connectivity index (χ1n) is 8.86. The van der Waals surface area contributed by atoms with Crippen molar-refractivity contribution in [1.82, 2.24) is 9.80 Å². The SMILES string of the molecule is COC(=O)c1ccc(CN2C[C@@H](C)N(C(=O)C(C)(C)C)[C@@H](C)C2)cc1. The molecule has 0 aliphatic carbocycles. The normalized spacial score (nSPS) is 21.9. The van der Waals surface area contributed by atoms with Gasteiger partial charge in [-0.15, -0.1) is 0 Å². The fourth-order valence-corrected chi connectivity index (χ4v) is 3.47. The van der Waals surface area contributed by atoms with Gasteiger partial charge in [0, 0.05) is 37.1 Å². The van der Waals surface area contributed by atoms with Gasteiger partial charge < -0.3 is 9.64 Å². The number of nitrogens with zero attached hydrogens (tertiary/aromatic N) is 2. The lowest BCUT2D eigenvalue weighted by Gasteiger charge is -2.46. The summed E-state index contributed by atoms with van der Waals surface area (Å²) in [5.74, 6) is -0.0994. The van der Waals surface area contributed by atoms with E-state index >= 15 is 0 Å². The Morgan fingerprint density at radius 3 is 2.04 bits per heavy atom. The molecule has 0 aromatic heterocycles. The van der Waals surface area contributed by atoms with Crippen LogP contribution in [0.1, 0.15) is 50.5 Å². The van der Waals surface area contributed by atoms with Crippen molar-refractivity contribution in [3.8, 4) is 0 Å². The third-order valence-electron chi connectivity index (χ3n) is 4.65. The highest BCUT2D eigenvalue weighted by atomic mass is 16.5. The van der Waals surface area contributed by atoms with Gasteiger partial charge in [0.2, 0.25) is 5.91 Å². The number of ether oxygens (including phenoxy) is 1. The van der Waals surface area contributed by atoms with Crippen molar-refractivity contribution in [3.05, 3.63) is 35.4 Å². The topological polar surface area (TPSA) is 49.9 Å². The summed E-state index contributed by atoms with van der Waals surface area (Å²) in [5.41, 5.74) is 1.37. The van der Waals surface area contributed by atoms with Crippen LogP contribution in [0.4, 0.5) is 0 Å². The van der Waals surface area contributed by atoms with E-state index in [0.29, 0.717) is 5.56 Å². The Bertz CT molecular complexity index is 607. The number of rotatable bonds is 3. The number of carbonyl (C=O) groups is 2. The molecule has 1 saturated heterocycles. The minimum Gasteiger partial charge on any atom is -0.465 e. The zero-order chi connectivity index (χ0) is 18.8. The standard InChI is InChI=1S/C20H30N2O3/c1-14-11-21(12-15(2)22(14)19(24)20(3,4)5)13-16-7-9-17(10-8-16)18(23)25-6/h7-10,14-15H,11-13H2,1-6H3/t14-,15+. The van der Waals surface area contributed by atoms with Crippen molar-refractivity contribution in [2.75, 3.05) is 20.2 Å². The first-order chi connectivity index (χ1) is 11.6. The van der Waals surface area contributed by atoms with Crippen LogP contribution >= 0.6 is 0 Å². The van der Waals surface area contributed by atoms with Crippen LogP contribution in [0.15, 0.2) is 24.3 Å². The molecule has 0 saturated carbocycles. The molecule has 1 aliphatic heterocycles. The second kappa shape index (κ2) is 7.56. The first-order valence-corrected chi connectivity index (χ1v) is 8.86. The third-order valence-corrected chi connectivity index (χ3v) is 4.65. The summed E-state index contributed by atoms with van der Waals surface area (Å²) >= 11 is 0. The van der Waals surface area contributed by atoms with Crippen LogP contribution in [0, 0.1) is 5.41 Å². The van der Waals surface area contributed by atoms with Crippen molar-refractivity contribution >= 4 is 11.9 Å². The lowest BCUT2D eigenvalue weighted by molar-refractivity contribution is -0.147. The molecule has 1 heterocycles. The summed E-state index contributed by atoms with van der Waals surface area (Å²) in [6.07, 6.45) is 0. The van der Waals surface area contributed by atoms with Gasteiger partial charge in [0.1, 0.15) is 0 Å². The Kier molecular flexibility index (Phi) is 5.88. The molecule has 5 nitrogen and oxygen atoms in total. The van der Waals surface area contributed by atoms with E-state index in [0.717, 1.165) is 25.2 Å². The molecule has 0 N–H and O–H groups in total. The Labute approximate surface area is 150 Å². The maximum atomic E-state index is 12.7. The van der Waals surface area contributed by atoms with Gasteiger partial charge in [-0.1, -0.05) is 32.9 Å². The Morgan fingerprint density at radius 2 is 1.60 bits per heavy atom. The zero-order valence-corrected chi connectivity index (χ0v) is 16.2. The summed E-state index contributed by atoms with van der Waals surface area (Å²) in [5, 5.41) is 0. The van der Waals surface area contributed by atoms with Gasteiger partial charge in [0.15, 0.2) is 0 Å². The molecule has 1 aromatic carbocycles. The molecule has 1 fully saturated rings. The van der Waals surface area contributed by atoms with Gasteiger partial charge >= 0.3 is 5.97 Å². The van der Waals surface area contributed by atoms with Crippen LogP contribution in [0.2, 0.25) is 0 Å². The van der Waals surface area contributed by atoms with Gasteiger partial charge in [-0.25, -0.2) is 4.79 Å². The predicted octanol–water partition coefficient (Wildman–Crippen LogP) is 2.94. The molecular formula is C20H30N2O3. The smallest absolute Gasteiger partial charge is 0.337 e. The van der Waals surface area contributed by atoms with Crippen molar-refractivity contribution in [2.24, 2.45) is 5.41 Å². The quantitative estimate of drug-likeness (QED) is 0.790. The van der Waals surface area contributed by atoms with E-state index in [4.69, 9.17) is 4.74 Å². The molecule has 1 aromatic rings. The van der Waals surface area contributed by atoms with E-state index in [-0.39, 0.29) is 29.4 Å². The fourth-order valence-electron chi connectivity index (χ4n) is 3.47. The minimum absolute atomic E-state index is 0.185. The van der Waals surface area contributed by atoms with E-state index in [1.807, 2.05) is 37.8 Å². The van der Waals surface area contributed by atoms with Crippen LogP contribution in [0.3, 0.4) is 0 Å². The number of hydrogen-bond donors (Lipinski definition) is 0. The van der Waals surface area contributed by atoms with Gasteiger partial charge in [-0.05, 0) is 31.5 Å². The van der Waals surface area contributed by atoms with Crippen LogP contribution in [-0.4, -0.2) is 54.0 Å². The highest BCUT2D eigenvalue weighted by Crippen LogP contribution is 2.25. The van der Waals surface area contributed by atoms with Gasteiger partial charge in [0.25, 0.3) is 0 Å². The van der Waals surface area contributed by atoms with Crippen LogP contribution in [0.25, 0.3) is 0 Å². The van der Waals surface area contributed by atoms with E-state index in [2.05, 4.69) is 18.7 Å². The monoisotopic (exact) mass is 346 g/mol. The number of methoxy groups -OCH3 is 1. The minimum atomic E-state index is -0.353. The van der Waals surface area contributed by atoms with Gasteiger partial charge in [-0.3, -0.25) is 9.69 Å². The highest BCUT2D eigenvalue weighted by molar-refractivity contribution is 5.89. The lowest BCUT2D eigenvalue weighted by atomic mass is 9.92. The molecule has 1 aliphatic rings. The molecule has 2 atom stereocenters. The van der Waals surface area contributed by atoms with Crippen molar-refractivity contribution in [3.63, 3.8) is 0 Å². The summed E-state index contributed by atoms with van der Waals surface area (Å²) in [4.78, 5) is 28.6. The number of piperazine rings is 1. The number of benzene rings is 1. The molecule has 25 heavy (non-hydrogen) atoms. The molecule has 0 bridgehead atoms. The van der Waals surface area contributed by atoms with Crippen molar-refractivity contribution in [2.45, 2.75) is 53.2 Å². The Hall–Kier alpha value is -1.88. The number of esters is 1. The molecule has 0 unspecified atom stereocenters. The van der Waals surface area contributed by atoms with E-state index in [1.54, 1.807) is 12.1 Å². The second-order valence-electron chi connectivity index (χ2n) is 8.04. The molecule has 0 radical (unpaired) electrons. The zero-order valence-electron chi connectivity index (χ0n) is 16.2. The van der Waals surface area contributed by atoms with E-state index < -0.39 is 0 Å². The van der Waals surface area contributed by atoms with Crippen LogP contribution < -0.4 is 0 Å². The summed E-state index contributed by atoms with van der Waals surface area (Å²) in [6, 6.07) is 7.90. The maximum absolute atomic E-state index is 12.7. The average Bonchev–Trinajstić information content (AvgIpc) is 2.53. The largest absolute Gasteiger partial charge is 0.465 e. The molecule has 0 spiro atoms. The first kappa shape index (κ1) is 19.4. The third kappa shape index (κ3) is 4.60. The van der Waals surface area contributed by atoms with Gasteiger partial charge in [-0.2, -0.15) is 0 Å². The molecule has 138 valence electrons. The average molecular weight is 346 g/mol. The molecule has 2 rings (SSSR count). The van der Waals surface area contributed by atoms with Crippen molar-refractivity contribution in [1.29, 1.82) is 0 Å². The lowest BCUT2D eigenvalue weighted by Crippen LogP contribution is -2.60. The maximum Gasteiger partial charge on any atom is 0.337 e. The molecule has 5 heteroatoms. The summed E-state index contributed by atoms with van der Waals surface area (Å²) in [7, 11) is 1.39. The number of carbonyl (C=O) groups excluding carboxylic acids is 2.